The molecule has 0 aliphatic heterocycles. The number of hydrogen-bond donors (Lipinski definition) is 0. The van der Waals surface area contributed by atoms with Crippen LogP contribution in [0.25, 0.3) is 45.0 Å². The number of hydrogen-bond acceptors (Lipinski definition) is 8. The number of ether oxygens (including phenoxy) is 4. The molecule has 0 aliphatic rings. The molecule has 0 unspecified atom stereocenters. The van der Waals surface area contributed by atoms with Crippen LogP contribution in [-0.4, -0.2) is 48.4 Å². The van der Waals surface area contributed by atoms with E-state index in [0.29, 0.717) is 0 Å². The predicted molar refractivity (Wildman–Crippen MR) is 221 cm³/mol. The zero-order chi connectivity index (χ0) is 39.2. The summed E-state index contributed by atoms with van der Waals surface area (Å²) >= 11 is 0. The first-order chi connectivity index (χ1) is 27.6. The first-order valence-electron chi connectivity index (χ1n) is 17.6. The molecule has 4 aromatic carbocycles. The maximum absolute atomic E-state index is 5.15. The van der Waals surface area contributed by atoms with Crippen LogP contribution in [0.5, 0.6) is 23.0 Å². The molecule has 0 fully saturated rings. The molecule has 8 rings (SSSR count). The Bertz CT molecular complexity index is 1990. The quantitative estimate of drug-likeness (QED) is 0.139. The van der Waals surface area contributed by atoms with E-state index in [1.807, 2.05) is 152 Å². The van der Waals surface area contributed by atoms with Gasteiger partial charge in [-0.2, -0.15) is 0 Å². The van der Waals surface area contributed by atoms with Crippen LogP contribution >= 0.6 is 0 Å². The standard InChI is InChI=1S/C12H11NO.3C12H10NO.Ir/c4*1-14-11-6-4-5-10(9-11)12-7-2-3-8-13-12;/h2-9H,1H3;3*2-4,6-9H,1H3;/q;3*-1;+3. The van der Waals surface area contributed by atoms with Gasteiger partial charge in [-0.05, 0) is 59.5 Å². The fourth-order valence-corrected chi connectivity index (χ4v) is 5.04. The van der Waals surface area contributed by atoms with Crippen molar-refractivity contribution in [2.45, 2.75) is 0 Å². The molecule has 0 radical (unpaired) electrons. The van der Waals surface area contributed by atoms with Gasteiger partial charge in [0.25, 0.3) is 0 Å². The van der Waals surface area contributed by atoms with Crippen LogP contribution in [0.15, 0.2) is 176 Å². The van der Waals surface area contributed by atoms with Gasteiger partial charge in [0.2, 0.25) is 0 Å². The Morgan fingerprint density at radius 1 is 0.351 bits per heavy atom. The Hall–Kier alpha value is -6.67. The SMILES string of the molecule is COc1cc[c-]c(-c2ccccn2)c1.COc1cc[c-]c(-c2ccccn2)c1.COc1cc[c-]c(-c2ccccn2)c1.COc1cccc(-c2ccccn2)c1.[Ir+3]. The summed E-state index contributed by atoms with van der Waals surface area (Å²) in [7, 11) is 6.62. The molecule has 9 heteroatoms. The van der Waals surface area contributed by atoms with Gasteiger partial charge in [-0.1, -0.05) is 54.6 Å². The molecule has 0 N–H and O–H groups in total. The van der Waals surface area contributed by atoms with Gasteiger partial charge < -0.3 is 33.9 Å². The van der Waals surface area contributed by atoms with Crippen molar-refractivity contribution in [2.24, 2.45) is 0 Å². The molecule has 0 amide bonds. The number of rotatable bonds is 8. The van der Waals surface area contributed by atoms with E-state index >= 15 is 0 Å². The molecule has 0 bridgehead atoms. The number of methoxy groups -OCH3 is 4. The number of aromatic nitrogens is 4. The van der Waals surface area contributed by atoms with Crippen LogP contribution in [0.3, 0.4) is 0 Å². The summed E-state index contributed by atoms with van der Waals surface area (Å²) in [5.41, 5.74) is 7.61. The fraction of sp³-hybridized carbons (Fsp3) is 0.0833. The second-order valence-corrected chi connectivity index (χ2v) is 11.5. The van der Waals surface area contributed by atoms with Crippen molar-refractivity contribution in [3.05, 3.63) is 195 Å². The minimum absolute atomic E-state index is 0. The van der Waals surface area contributed by atoms with Gasteiger partial charge in [0.1, 0.15) is 5.75 Å². The van der Waals surface area contributed by atoms with Gasteiger partial charge in [0.05, 0.1) is 34.1 Å². The molecular weight excluding hydrogens is 889 g/mol. The van der Waals surface area contributed by atoms with E-state index in [9.17, 15) is 0 Å². The summed E-state index contributed by atoms with van der Waals surface area (Å²) in [6.07, 6.45) is 7.09. The minimum Gasteiger partial charge on any atom is -0.516 e. The van der Waals surface area contributed by atoms with Crippen molar-refractivity contribution >= 4 is 0 Å². The number of pyridine rings is 4. The van der Waals surface area contributed by atoms with Crippen molar-refractivity contribution in [2.75, 3.05) is 28.4 Å². The predicted octanol–water partition coefficient (Wildman–Crippen LogP) is 10.4. The van der Waals surface area contributed by atoms with Crippen LogP contribution in [0.2, 0.25) is 0 Å². The van der Waals surface area contributed by atoms with E-state index in [1.54, 1.807) is 53.2 Å². The molecule has 8 nitrogen and oxygen atoms in total. The maximum atomic E-state index is 5.15. The molecule has 0 atom stereocenters. The van der Waals surface area contributed by atoms with Crippen molar-refractivity contribution in [1.82, 2.24) is 19.9 Å². The number of benzene rings is 4. The summed E-state index contributed by atoms with van der Waals surface area (Å²) in [5.74, 6) is 3.33. The molecule has 4 heterocycles. The third-order valence-corrected chi connectivity index (χ3v) is 7.88. The molecule has 286 valence electrons. The summed E-state index contributed by atoms with van der Waals surface area (Å²) in [6, 6.07) is 57.3. The van der Waals surface area contributed by atoms with Gasteiger partial charge >= 0.3 is 20.1 Å². The second-order valence-electron chi connectivity index (χ2n) is 11.5. The first kappa shape index (κ1) is 43.1. The zero-order valence-corrected chi connectivity index (χ0v) is 34.4. The smallest absolute Gasteiger partial charge is 0.516 e. The van der Waals surface area contributed by atoms with E-state index < -0.39 is 0 Å². The topological polar surface area (TPSA) is 88.5 Å². The Balaban J connectivity index is 0.000000167. The van der Waals surface area contributed by atoms with Crippen LogP contribution in [0, 0.1) is 18.2 Å². The van der Waals surface area contributed by atoms with Gasteiger partial charge in [-0.15, -0.1) is 89.5 Å². The van der Waals surface area contributed by atoms with E-state index in [4.69, 9.17) is 18.9 Å². The normalized spacial score (nSPS) is 9.61. The third-order valence-electron chi connectivity index (χ3n) is 7.88. The molecule has 0 spiro atoms. The summed E-state index contributed by atoms with van der Waals surface area (Å²) < 4.78 is 20.5. The van der Waals surface area contributed by atoms with Gasteiger partial charge in [0.15, 0.2) is 0 Å². The Kier molecular flexibility index (Phi) is 18.1. The average Bonchev–Trinajstić information content (AvgIpc) is 3.31. The third kappa shape index (κ3) is 13.8. The Morgan fingerprint density at radius 2 is 0.684 bits per heavy atom. The van der Waals surface area contributed by atoms with Crippen LogP contribution < -0.4 is 18.9 Å². The van der Waals surface area contributed by atoms with Crippen molar-refractivity contribution < 1.29 is 39.1 Å². The van der Waals surface area contributed by atoms with Crippen molar-refractivity contribution in [1.29, 1.82) is 0 Å². The van der Waals surface area contributed by atoms with Crippen LogP contribution in [0.1, 0.15) is 0 Å². The molecule has 57 heavy (non-hydrogen) atoms. The monoisotopic (exact) mass is 930 g/mol. The van der Waals surface area contributed by atoms with E-state index in [0.717, 1.165) is 68.0 Å². The molecule has 4 aromatic heterocycles. The Labute approximate surface area is 348 Å². The van der Waals surface area contributed by atoms with Crippen LogP contribution in [-0.2, 0) is 20.1 Å². The van der Waals surface area contributed by atoms with Gasteiger partial charge in [-0.3, -0.25) is 4.98 Å². The summed E-state index contributed by atoms with van der Waals surface area (Å²) in [5, 5.41) is 0. The molecule has 0 saturated carbocycles. The van der Waals surface area contributed by atoms with Gasteiger partial charge in [-0.25, -0.2) is 0 Å². The fourth-order valence-electron chi connectivity index (χ4n) is 5.04. The summed E-state index contributed by atoms with van der Waals surface area (Å²) in [6.45, 7) is 0. The van der Waals surface area contributed by atoms with Crippen molar-refractivity contribution in [3.63, 3.8) is 0 Å². The molecular formula is C48H41IrN4O4. The zero-order valence-electron chi connectivity index (χ0n) is 32.0. The molecule has 0 aliphatic carbocycles. The average molecular weight is 930 g/mol. The van der Waals surface area contributed by atoms with Gasteiger partial charge in [0, 0.05) is 47.6 Å². The largest absolute Gasteiger partial charge is 3.00 e. The molecule has 0 saturated heterocycles. The van der Waals surface area contributed by atoms with E-state index in [1.165, 1.54) is 0 Å². The summed E-state index contributed by atoms with van der Waals surface area (Å²) in [4.78, 5) is 17.0. The Morgan fingerprint density at radius 3 is 1.00 bits per heavy atom. The van der Waals surface area contributed by atoms with Crippen molar-refractivity contribution in [3.8, 4) is 68.0 Å². The van der Waals surface area contributed by atoms with Crippen LogP contribution in [0.4, 0.5) is 0 Å². The van der Waals surface area contributed by atoms with E-state index in [-0.39, 0.29) is 20.1 Å². The molecule has 8 aromatic rings. The maximum Gasteiger partial charge on any atom is 3.00 e. The first-order valence-corrected chi connectivity index (χ1v) is 17.6. The minimum atomic E-state index is 0. The number of nitrogens with zero attached hydrogens (tertiary/aromatic N) is 4. The second kappa shape index (κ2) is 24.0. The van der Waals surface area contributed by atoms with E-state index in [2.05, 4.69) is 38.1 Å².